The summed E-state index contributed by atoms with van der Waals surface area (Å²) in [5, 5.41) is 11.7. The van der Waals surface area contributed by atoms with Gasteiger partial charge in [0.2, 0.25) is 0 Å². The maximum absolute atomic E-state index is 10.6. The third kappa shape index (κ3) is 1.93. The number of anilines is 1. The number of benzene rings is 1. The predicted octanol–water partition coefficient (Wildman–Crippen LogP) is 1.27. The summed E-state index contributed by atoms with van der Waals surface area (Å²) in [7, 11) is 0. The van der Waals surface area contributed by atoms with Crippen LogP contribution in [-0.2, 0) is 11.2 Å². The molecule has 0 bridgehead atoms. The van der Waals surface area contributed by atoms with E-state index in [2.05, 4.69) is 5.32 Å². The second kappa shape index (κ2) is 3.77. The van der Waals surface area contributed by atoms with E-state index in [0.717, 1.165) is 5.69 Å². The molecule has 0 aromatic heterocycles. The summed E-state index contributed by atoms with van der Waals surface area (Å²) in [6.07, 6.45) is -0.0190. The molecule has 84 valence electrons. The third-order valence-electron chi connectivity index (χ3n) is 2.31. The normalized spacial score (nSPS) is 13.8. The number of nitrogens with two attached hydrogens (primary N) is 1. The molecule has 4 N–H and O–H groups in total. The van der Waals surface area contributed by atoms with E-state index in [0.29, 0.717) is 22.9 Å². The number of carbonyl (C=O) groups is 1. The Hall–Kier alpha value is -2.17. The summed E-state index contributed by atoms with van der Waals surface area (Å²) in [6.45, 7) is 1.75. The van der Waals surface area contributed by atoms with E-state index in [-0.39, 0.29) is 6.42 Å². The summed E-state index contributed by atoms with van der Waals surface area (Å²) in [5.41, 5.74) is 7.10. The quantitative estimate of drug-likeness (QED) is 0.698. The Morgan fingerprint density at radius 3 is 3.00 bits per heavy atom. The lowest BCUT2D eigenvalue weighted by Crippen LogP contribution is -2.19. The fourth-order valence-electron chi connectivity index (χ4n) is 1.49. The molecule has 0 radical (unpaired) electrons. The minimum Gasteiger partial charge on any atom is -0.481 e. The summed E-state index contributed by atoms with van der Waals surface area (Å²) < 4.78 is 5.47. The van der Waals surface area contributed by atoms with E-state index >= 15 is 0 Å². The van der Waals surface area contributed by atoms with Gasteiger partial charge in [0, 0.05) is 0 Å². The first-order valence-electron chi connectivity index (χ1n) is 4.82. The molecule has 1 aromatic rings. The first kappa shape index (κ1) is 10.4. The lowest BCUT2D eigenvalue weighted by atomic mass is 10.1. The number of allylic oxidation sites excluding steroid dienone is 1. The van der Waals surface area contributed by atoms with E-state index in [1.165, 1.54) is 0 Å². The van der Waals surface area contributed by atoms with Crippen LogP contribution in [0.2, 0.25) is 0 Å². The Kier molecular flexibility index (Phi) is 2.44. The Labute approximate surface area is 92.5 Å². The number of nitrogens with one attached hydrogen (secondary N) is 1. The molecule has 0 unspecified atom stereocenters. The van der Waals surface area contributed by atoms with Crippen molar-refractivity contribution in [2.45, 2.75) is 13.3 Å². The second-order valence-electron chi connectivity index (χ2n) is 3.60. The Balaban J connectivity index is 2.30. The van der Waals surface area contributed by atoms with Crippen molar-refractivity contribution in [1.82, 2.24) is 0 Å². The van der Waals surface area contributed by atoms with Crippen LogP contribution in [-0.4, -0.2) is 11.1 Å². The summed E-state index contributed by atoms with van der Waals surface area (Å²) in [6, 6.07) is 5.19. The molecule has 0 amide bonds. The molecular weight excluding hydrogens is 208 g/mol. The fourth-order valence-corrected chi connectivity index (χ4v) is 1.49. The average Bonchev–Trinajstić information content (AvgIpc) is 2.19. The summed E-state index contributed by atoms with van der Waals surface area (Å²) >= 11 is 0. The average molecular weight is 220 g/mol. The van der Waals surface area contributed by atoms with E-state index in [4.69, 9.17) is 15.6 Å². The van der Waals surface area contributed by atoms with Crippen LogP contribution in [0.3, 0.4) is 0 Å². The number of carboxylic acid groups (broad SMARTS) is 1. The van der Waals surface area contributed by atoms with Gasteiger partial charge in [-0.2, -0.15) is 0 Å². The third-order valence-corrected chi connectivity index (χ3v) is 2.31. The Bertz CT molecular complexity index is 480. The molecule has 2 rings (SSSR count). The van der Waals surface area contributed by atoms with E-state index in [1.54, 1.807) is 25.1 Å². The van der Waals surface area contributed by atoms with Gasteiger partial charge in [0.05, 0.1) is 12.1 Å². The molecule has 0 saturated heterocycles. The first-order chi connectivity index (χ1) is 7.56. The van der Waals surface area contributed by atoms with E-state index in [1.807, 2.05) is 0 Å². The lowest BCUT2D eigenvalue weighted by Gasteiger charge is -2.21. The Morgan fingerprint density at radius 2 is 2.31 bits per heavy atom. The van der Waals surface area contributed by atoms with Gasteiger partial charge in [-0.1, -0.05) is 6.07 Å². The van der Waals surface area contributed by atoms with Gasteiger partial charge in [-0.25, -0.2) is 0 Å². The van der Waals surface area contributed by atoms with Crippen LogP contribution in [0.25, 0.3) is 0 Å². The number of rotatable bonds is 2. The van der Waals surface area contributed by atoms with Crippen LogP contribution < -0.4 is 15.8 Å². The molecular formula is C11H12N2O3. The minimum absolute atomic E-state index is 0.0190. The monoisotopic (exact) mass is 220 g/mol. The van der Waals surface area contributed by atoms with Crippen molar-refractivity contribution in [3.05, 3.63) is 35.3 Å². The highest BCUT2D eigenvalue weighted by Crippen LogP contribution is 2.32. The van der Waals surface area contributed by atoms with Crippen molar-refractivity contribution in [3.8, 4) is 5.75 Å². The molecule has 1 aliphatic rings. The zero-order chi connectivity index (χ0) is 11.7. The van der Waals surface area contributed by atoms with Gasteiger partial charge in [0.25, 0.3) is 0 Å². The molecule has 0 fully saturated rings. The molecule has 0 atom stereocenters. The molecule has 1 aromatic carbocycles. The van der Waals surface area contributed by atoms with Crippen LogP contribution in [0.1, 0.15) is 12.5 Å². The van der Waals surface area contributed by atoms with Gasteiger partial charge < -0.3 is 20.9 Å². The van der Waals surface area contributed by atoms with Crippen LogP contribution in [0.5, 0.6) is 5.75 Å². The molecule has 0 saturated carbocycles. The minimum atomic E-state index is -0.865. The molecule has 1 aliphatic heterocycles. The zero-order valence-electron chi connectivity index (χ0n) is 8.78. The van der Waals surface area contributed by atoms with Gasteiger partial charge in [-0.15, -0.1) is 0 Å². The molecule has 0 aliphatic carbocycles. The van der Waals surface area contributed by atoms with Crippen molar-refractivity contribution in [3.63, 3.8) is 0 Å². The topological polar surface area (TPSA) is 84.6 Å². The first-order valence-corrected chi connectivity index (χ1v) is 4.82. The Morgan fingerprint density at radius 1 is 1.56 bits per heavy atom. The van der Waals surface area contributed by atoms with Crippen LogP contribution in [0.15, 0.2) is 29.8 Å². The van der Waals surface area contributed by atoms with Crippen LogP contribution >= 0.6 is 0 Å². The van der Waals surface area contributed by atoms with Gasteiger partial charge in [-0.05, 0) is 24.6 Å². The summed E-state index contributed by atoms with van der Waals surface area (Å²) in [5.74, 6) is 0.791. The SMILES string of the molecule is CC1=C(N)Nc2ccc(CC(=O)O)cc2O1. The predicted molar refractivity (Wildman–Crippen MR) is 58.9 cm³/mol. The van der Waals surface area contributed by atoms with Crippen LogP contribution in [0, 0.1) is 0 Å². The lowest BCUT2D eigenvalue weighted by molar-refractivity contribution is -0.136. The maximum Gasteiger partial charge on any atom is 0.307 e. The van der Waals surface area contributed by atoms with Gasteiger partial charge >= 0.3 is 5.97 Å². The van der Waals surface area contributed by atoms with Crippen molar-refractivity contribution in [2.24, 2.45) is 5.73 Å². The van der Waals surface area contributed by atoms with E-state index < -0.39 is 5.97 Å². The number of aliphatic carboxylic acids is 1. The van der Waals surface area contributed by atoms with Gasteiger partial charge in [-0.3, -0.25) is 4.79 Å². The molecule has 0 spiro atoms. The molecule has 5 nitrogen and oxygen atoms in total. The summed E-state index contributed by atoms with van der Waals surface area (Å²) in [4.78, 5) is 10.6. The number of hydrogen-bond acceptors (Lipinski definition) is 4. The smallest absolute Gasteiger partial charge is 0.307 e. The largest absolute Gasteiger partial charge is 0.481 e. The highest BCUT2D eigenvalue weighted by molar-refractivity contribution is 5.72. The number of carboxylic acids is 1. The highest BCUT2D eigenvalue weighted by atomic mass is 16.5. The number of fused-ring (bicyclic) bond motifs is 1. The van der Waals surface area contributed by atoms with Crippen molar-refractivity contribution < 1.29 is 14.6 Å². The number of ether oxygens (including phenoxy) is 1. The second-order valence-corrected chi connectivity index (χ2v) is 3.60. The van der Waals surface area contributed by atoms with Crippen molar-refractivity contribution >= 4 is 11.7 Å². The molecule has 1 heterocycles. The van der Waals surface area contributed by atoms with E-state index in [9.17, 15) is 4.79 Å². The van der Waals surface area contributed by atoms with Crippen molar-refractivity contribution in [2.75, 3.05) is 5.32 Å². The maximum atomic E-state index is 10.6. The molecule has 5 heteroatoms. The highest BCUT2D eigenvalue weighted by Gasteiger charge is 2.15. The standard InChI is InChI=1S/C11H12N2O3/c1-6-11(12)13-8-3-2-7(5-10(14)15)4-9(8)16-6/h2-4,13H,5,12H2,1H3,(H,14,15). The molecule has 16 heavy (non-hydrogen) atoms. The van der Waals surface area contributed by atoms with Crippen molar-refractivity contribution in [1.29, 1.82) is 0 Å². The number of hydrogen-bond donors (Lipinski definition) is 3. The van der Waals surface area contributed by atoms with Gasteiger partial charge in [0.15, 0.2) is 5.75 Å². The van der Waals surface area contributed by atoms with Crippen LogP contribution in [0.4, 0.5) is 5.69 Å². The fraction of sp³-hybridized carbons (Fsp3) is 0.182. The van der Waals surface area contributed by atoms with Gasteiger partial charge in [0.1, 0.15) is 11.6 Å². The zero-order valence-corrected chi connectivity index (χ0v) is 8.78.